The maximum Gasteiger partial charge on any atom is 0.339 e. The van der Waals surface area contributed by atoms with Crippen LogP contribution in [0, 0.1) is 20.8 Å². The smallest absolute Gasteiger partial charge is 0.339 e. The van der Waals surface area contributed by atoms with Crippen LogP contribution in [-0.4, -0.2) is 41.0 Å². The molecule has 0 spiro atoms. The Hall–Kier alpha value is -4.26. The number of benzene rings is 2. The third kappa shape index (κ3) is 4.32. The molecule has 0 saturated heterocycles. The molecular formula is C27H24N2O5. The van der Waals surface area contributed by atoms with E-state index in [9.17, 15) is 14.4 Å². The molecule has 0 aliphatic rings. The summed E-state index contributed by atoms with van der Waals surface area (Å²) in [4.78, 5) is 41.9. The predicted molar refractivity (Wildman–Crippen MR) is 128 cm³/mol. The summed E-state index contributed by atoms with van der Waals surface area (Å²) in [5, 5.41) is 0.680. The van der Waals surface area contributed by atoms with Gasteiger partial charge >= 0.3 is 11.9 Å². The molecule has 0 saturated carbocycles. The highest BCUT2D eigenvalue weighted by atomic mass is 16.5. The highest BCUT2D eigenvalue weighted by molar-refractivity contribution is 6.05. The van der Waals surface area contributed by atoms with Crippen LogP contribution < -0.4 is 0 Å². The lowest BCUT2D eigenvalue weighted by molar-refractivity contribution is 0.0476. The molecule has 0 aliphatic heterocycles. The molecule has 0 N–H and O–H groups in total. The molecule has 4 rings (SSSR count). The van der Waals surface area contributed by atoms with Crippen LogP contribution in [0.15, 0.2) is 60.7 Å². The molecule has 2 aromatic carbocycles. The normalized spacial score (nSPS) is 10.8. The Balaban J connectivity index is 1.54. The van der Waals surface area contributed by atoms with E-state index in [4.69, 9.17) is 9.47 Å². The van der Waals surface area contributed by atoms with Crippen LogP contribution in [0.1, 0.15) is 48.2 Å². The van der Waals surface area contributed by atoms with Gasteiger partial charge < -0.3 is 14.0 Å². The molecule has 0 aliphatic carbocycles. The van der Waals surface area contributed by atoms with Gasteiger partial charge in [0.25, 0.3) is 0 Å². The van der Waals surface area contributed by atoms with E-state index in [2.05, 4.69) is 4.98 Å². The maximum absolute atomic E-state index is 12.9. The number of carbonyl (C=O) groups is 3. The van der Waals surface area contributed by atoms with Crippen molar-refractivity contribution in [2.24, 2.45) is 0 Å². The number of methoxy groups -OCH3 is 1. The topological polar surface area (TPSA) is 87.5 Å². The third-order valence-corrected chi connectivity index (χ3v) is 5.68. The van der Waals surface area contributed by atoms with Gasteiger partial charge in [0, 0.05) is 33.7 Å². The Kier molecular flexibility index (Phi) is 6.27. The van der Waals surface area contributed by atoms with Crippen molar-refractivity contribution in [3.8, 4) is 5.69 Å². The average molecular weight is 456 g/mol. The first kappa shape index (κ1) is 22.9. The van der Waals surface area contributed by atoms with Crippen molar-refractivity contribution in [3.05, 3.63) is 94.4 Å². The minimum absolute atomic E-state index is 0.297. The van der Waals surface area contributed by atoms with Gasteiger partial charge in [0.05, 0.1) is 23.8 Å². The second-order valence-electron chi connectivity index (χ2n) is 7.99. The van der Waals surface area contributed by atoms with E-state index in [0.717, 1.165) is 17.1 Å². The maximum atomic E-state index is 12.9. The molecule has 2 aromatic heterocycles. The number of nitrogens with zero attached hydrogens (tertiary/aromatic N) is 2. The summed E-state index contributed by atoms with van der Waals surface area (Å²) in [6.45, 7) is 5.15. The number of rotatable bonds is 6. The highest BCUT2D eigenvalue weighted by Crippen LogP contribution is 2.23. The number of ketones is 1. The summed E-state index contributed by atoms with van der Waals surface area (Å²) in [6.07, 6.45) is 0. The summed E-state index contributed by atoms with van der Waals surface area (Å²) >= 11 is 0. The van der Waals surface area contributed by atoms with Crippen LogP contribution in [0.25, 0.3) is 16.6 Å². The van der Waals surface area contributed by atoms with E-state index in [1.165, 1.54) is 7.11 Å². The molecule has 0 atom stereocenters. The summed E-state index contributed by atoms with van der Waals surface area (Å²) in [7, 11) is 1.33. The van der Waals surface area contributed by atoms with E-state index in [1.807, 2.05) is 36.6 Å². The van der Waals surface area contributed by atoms with Crippen LogP contribution in [0.3, 0.4) is 0 Å². The van der Waals surface area contributed by atoms with Crippen LogP contribution in [0.4, 0.5) is 0 Å². The molecule has 34 heavy (non-hydrogen) atoms. The minimum atomic E-state index is -0.567. The first-order valence-corrected chi connectivity index (χ1v) is 10.7. The average Bonchev–Trinajstić information content (AvgIpc) is 3.15. The van der Waals surface area contributed by atoms with Gasteiger partial charge in [0.1, 0.15) is 0 Å². The second kappa shape index (κ2) is 9.31. The lowest BCUT2D eigenvalue weighted by atomic mass is 10.1. The largest absolute Gasteiger partial charge is 0.465 e. The molecule has 2 heterocycles. The molecule has 0 bridgehead atoms. The van der Waals surface area contributed by atoms with Crippen molar-refractivity contribution in [3.63, 3.8) is 0 Å². The van der Waals surface area contributed by atoms with E-state index < -0.39 is 11.9 Å². The number of para-hydroxylation sites is 1. The molecule has 7 nitrogen and oxygen atoms in total. The van der Waals surface area contributed by atoms with Crippen LogP contribution in [0.2, 0.25) is 0 Å². The van der Waals surface area contributed by atoms with Gasteiger partial charge in [-0.15, -0.1) is 0 Å². The molecule has 172 valence electrons. The quantitative estimate of drug-likeness (QED) is 0.307. The lowest BCUT2D eigenvalue weighted by Gasteiger charge is -2.11. The lowest BCUT2D eigenvalue weighted by Crippen LogP contribution is -2.15. The molecule has 0 radical (unpaired) electrons. The first-order valence-electron chi connectivity index (χ1n) is 10.7. The summed E-state index contributed by atoms with van der Waals surface area (Å²) in [5.41, 5.74) is 5.04. The first-order chi connectivity index (χ1) is 16.3. The zero-order valence-corrected chi connectivity index (χ0v) is 19.4. The van der Waals surface area contributed by atoms with Gasteiger partial charge in [-0.05, 0) is 63.2 Å². The second-order valence-corrected chi connectivity index (χ2v) is 7.99. The van der Waals surface area contributed by atoms with Crippen molar-refractivity contribution in [2.45, 2.75) is 20.8 Å². The standard InChI is InChI=1S/C27H24N2O5/c1-16-13-23(21-7-5-6-8-24(21)28-16)27(32)34-15-25(30)22-14-17(2)29(18(22)3)20-11-9-19(10-12-20)26(31)33-4/h5-14H,15H2,1-4H3. The van der Waals surface area contributed by atoms with Gasteiger partial charge in [-0.3, -0.25) is 9.78 Å². The third-order valence-electron chi connectivity index (χ3n) is 5.68. The van der Waals surface area contributed by atoms with E-state index in [0.29, 0.717) is 33.3 Å². The number of hydrogen-bond acceptors (Lipinski definition) is 6. The number of esters is 2. The molecule has 0 fully saturated rings. The Morgan fingerprint density at radius 2 is 1.59 bits per heavy atom. The Morgan fingerprint density at radius 1 is 0.882 bits per heavy atom. The Morgan fingerprint density at radius 3 is 2.29 bits per heavy atom. The van der Waals surface area contributed by atoms with Gasteiger partial charge in [0.2, 0.25) is 5.78 Å². The van der Waals surface area contributed by atoms with Crippen molar-refractivity contribution in [2.75, 3.05) is 13.7 Å². The zero-order valence-electron chi connectivity index (χ0n) is 19.4. The molecule has 0 unspecified atom stereocenters. The number of Topliss-reactive ketones (excluding diaryl/α,β-unsaturated/α-hetero) is 1. The van der Waals surface area contributed by atoms with Gasteiger partial charge in [0.15, 0.2) is 6.61 Å². The fraction of sp³-hybridized carbons (Fsp3) is 0.185. The Labute approximate surface area is 196 Å². The highest BCUT2D eigenvalue weighted by Gasteiger charge is 2.20. The number of aromatic nitrogens is 2. The van der Waals surface area contributed by atoms with Crippen LogP contribution in [-0.2, 0) is 9.47 Å². The monoisotopic (exact) mass is 456 g/mol. The summed E-state index contributed by atoms with van der Waals surface area (Å²) in [5.74, 6) is -1.28. The van der Waals surface area contributed by atoms with Crippen molar-refractivity contribution in [1.82, 2.24) is 9.55 Å². The van der Waals surface area contributed by atoms with Crippen molar-refractivity contribution >= 4 is 28.6 Å². The fourth-order valence-electron chi connectivity index (χ4n) is 4.07. The van der Waals surface area contributed by atoms with Gasteiger partial charge in [-0.2, -0.15) is 0 Å². The molecule has 7 heteroatoms. The number of aryl methyl sites for hydroxylation is 2. The SMILES string of the molecule is COC(=O)c1ccc(-n2c(C)cc(C(=O)COC(=O)c3cc(C)nc4ccccc34)c2C)cc1. The van der Waals surface area contributed by atoms with Gasteiger partial charge in [-0.25, -0.2) is 9.59 Å². The zero-order chi connectivity index (χ0) is 24.4. The summed E-state index contributed by atoms with van der Waals surface area (Å²) in [6, 6.07) is 17.7. The number of pyridine rings is 1. The molecule has 0 amide bonds. The fourth-order valence-corrected chi connectivity index (χ4v) is 4.07. The van der Waals surface area contributed by atoms with Crippen LogP contribution in [0.5, 0.6) is 0 Å². The van der Waals surface area contributed by atoms with E-state index >= 15 is 0 Å². The number of fused-ring (bicyclic) bond motifs is 1. The van der Waals surface area contributed by atoms with E-state index in [-0.39, 0.29) is 12.4 Å². The Bertz CT molecular complexity index is 1420. The minimum Gasteiger partial charge on any atom is -0.465 e. The number of ether oxygens (including phenoxy) is 2. The van der Waals surface area contributed by atoms with Crippen molar-refractivity contribution < 1.29 is 23.9 Å². The van der Waals surface area contributed by atoms with Crippen molar-refractivity contribution in [1.29, 1.82) is 0 Å². The summed E-state index contributed by atoms with van der Waals surface area (Å²) < 4.78 is 12.0. The molecule has 4 aromatic rings. The van der Waals surface area contributed by atoms with Crippen LogP contribution >= 0.6 is 0 Å². The predicted octanol–water partition coefficient (Wildman–Crippen LogP) is 4.78. The number of hydrogen-bond donors (Lipinski definition) is 0. The van der Waals surface area contributed by atoms with E-state index in [1.54, 1.807) is 49.4 Å². The molecular weight excluding hydrogens is 432 g/mol. The van der Waals surface area contributed by atoms with Gasteiger partial charge in [-0.1, -0.05) is 18.2 Å². The number of carbonyl (C=O) groups excluding carboxylic acids is 3.